The van der Waals surface area contributed by atoms with Crippen molar-refractivity contribution in [1.29, 1.82) is 0 Å². The van der Waals surface area contributed by atoms with Crippen molar-refractivity contribution in [2.45, 2.75) is 51.5 Å². The van der Waals surface area contributed by atoms with Crippen molar-refractivity contribution < 1.29 is 4.39 Å². The largest absolute Gasteiger partial charge is 0.367 e. The molecule has 0 amide bonds. The van der Waals surface area contributed by atoms with Gasteiger partial charge in [0.2, 0.25) is 0 Å². The van der Waals surface area contributed by atoms with Gasteiger partial charge in [-0.15, -0.1) is 0 Å². The summed E-state index contributed by atoms with van der Waals surface area (Å²) in [6.07, 6.45) is 7.91. The molecule has 20 heavy (non-hydrogen) atoms. The van der Waals surface area contributed by atoms with Gasteiger partial charge < -0.3 is 10.6 Å². The molecule has 2 rings (SSSR count). The van der Waals surface area contributed by atoms with Gasteiger partial charge in [0.05, 0.1) is 0 Å². The molecule has 112 valence electrons. The van der Waals surface area contributed by atoms with Crippen LogP contribution in [-0.2, 0) is 0 Å². The Morgan fingerprint density at radius 1 is 1.15 bits per heavy atom. The summed E-state index contributed by atoms with van der Waals surface area (Å²) in [6.45, 7) is 3.75. The van der Waals surface area contributed by atoms with E-state index in [4.69, 9.17) is 5.73 Å². The van der Waals surface area contributed by atoms with E-state index < -0.39 is 0 Å². The van der Waals surface area contributed by atoms with Crippen molar-refractivity contribution in [3.8, 4) is 0 Å². The van der Waals surface area contributed by atoms with Crippen molar-refractivity contribution in [1.82, 2.24) is 0 Å². The molecule has 3 heteroatoms. The Bertz CT molecular complexity index is 382. The molecule has 1 unspecified atom stereocenters. The molecular weight excluding hydrogens is 251 g/mol. The summed E-state index contributed by atoms with van der Waals surface area (Å²) in [5.74, 6) is 0.496. The highest BCUT2D eigenvalue weighted by Crippen LogP contribution is 2.30. The van der Waals surface area contributed by atoms with E-state index in [1.54, 1.807) is 12.1 Å². The molecule has 2 N–H and O–H groups in total. The molecule has 1 aliphatic carbocycles. The highest BCUT2D eigenvalue weighted by molar-refractivity contribution is 5.47. The number of hydrogen-bond donors (Lipinski definition) is 1. The zero-order valence-electron chi connectivity index (χ0n) is 12.5. The first kappa shape index (κ1) is 15.3. The second-order valence-electron chi connectivity index (χ2n) is 5.82. The molecule has 1 aromatic carbocycles. The van der Waals surface area contributed by atoms with Gasteiger partial charge >= 0.3 is 0 Å². The topological polar surface area (TPSA) is 29.3 Å². The summed E-state index contributed by atoms with van der Waals surface area (Å²) >= 11 is 0. The lowest BCUT2D eigenvalue weighted by Gasteiger charge is -2.37. The Hall–Kier alpha value is -1.09. The molecular formula is C17H27FN2. The van der Waals surface area contributed by atoms with Crippen LogP contribution < -0.4 is 10.6 Å². The Balaban J connectivity index is 2.15. The lowest BCUT2D eigenvalue weighted by Crippen LogP contribution is -2.45. The van der Waals surface area contributed by atoms with Crippen LogP contribution in [0.4, 0.5) is 10.1 Å². The van der Waals surface area contributed by atoms with Crippen LogP contribution in [0.2, 0.25) is 0 Å². The quantitative estimate of drug-likeness (QED) is 0.826. The van der Waals surface area contributed by atoms with Crippen LogP contribution in [0.3, 0.4) is 0 Å². The third kappa shape index (κ3) is 3.72. The fourth-order valence-electron chi connectivity index (χ4n) is 3.51. The van der Waals surface area contributed by atoms with Gasteiger partial charge in [0.25, 0.3) is 0 Å². The van der Waals surface area contributed by atoms with Crippen LogP contribution in [0, 0.1) is 11.7 Å². The monoisotopic (exact) mass is 278 g/mol. The van der Waals surface area contributed by atoms with E-state index >= 15 is 0 Å². The lowest BCUT2D eigenvalue weighted by atomic mass is 9.90. The standard InChI is InChI=1S/C17H27FN2/c1-2-20(16-11-9-15(18)10-12-16)17(13-19)14-7-5-3-4-6-8-14/h9-12,14,17H,2-8,13,19H2,1H3. The Morgan fingerprint density at radius 3 is 2.25 bits per heavy atom. The van der Waals surface area contributed by atoms with Crippen LogP contribution in [0.1, 0.15) is 45.4 Å². The van der Waals surface area contributed by atoms with Crippen LogP contribution in [0.25, 0.3) is 0 Å². The number of nitrogens with zero attached hydrogens (tertiary/aromatic N) is 1. The zero-order chi connectivity index (χ0) is 14.4. The third-order valence-electron chi connectivity index (χ3n) is 4.58. The van der Waals surface area contributed by atoms with E-state index in [1.165, 1.54) is 38.5 Å². The molecule has 0 spiro atoms. The molecule has 0 aliphatic heterocycles. The molecule has 1 atom stereocenters. The normalized spacial score (nSPS) is 18.6. The minimum atomic E-state index is -0.177. The molecule has 1 aliphatic rings. The first-order chi connectivity index (χ1) is 9.76. The highest BCUT2D eigenvalue weighted by Gasteiger charge is 2.26. The minimum absolute atomic E-state index is 0.177. The number of nitrogens with two attached hydrogens (primary N) is 1. The Morgan fingerprint density at radius 2 is 1.75 bits per heavy atom. The van der Waals surface area contributed by atoms with Crippen LogP contribution in [0.5, 0.6) is 0 Å². The summed E-state index contributed by atoms with van der Waals surface area (Å²) in [4.78, 5) is 2.36. The summed E-state index contributed by atoms with van der Waals surface area (Å²) in [5.41, 5.74) is 7.17. The van der Waals surface area contributed by atoms with E-state index in [2.05, 4.69) is 11.8 Å². The summed E-state index contributed by atoms with van der Waals surface area (Å²) in [7, 11) is 0. The van der Waals surface area contributed by atoms with Gasteiger partial charge in [-0.25, -0.2) is 4.39 Å². The van der Waals surface area contributed by atoms with Crippen molar-refractivity contribution in [3.63, 3.8) is 0 Å². The average Bonchev–Trinajstić information content (AvgIpc) is 2.75. The number of hydrogen-bond acceptors (Lipinski definition) is 2. The lowest BCUT2D eigenvalue weighted by molar-refractivity contribution is 0.361. The first-order valence-corrected chi connectivity index (χ1v) is 7.98. The molecule has 1 saturated carbocycles. The van der Waals surface area contributed by atoms with Gasteiger partial charge in [-0.1, -0.05) is 25.7 Å². The SMILES string of the molecule is CCN(c1ccc(F)cc1)C(CN)C1CCCCCC1. The summed E-state index contributed by atoms with van der Waals surface area (Å²) in [5, 5.41) is 0. The smallest absolute Gasteiger partial charge is 0.123 e. The molecule has 0 saturated heterocycles. The van der Waals surface area contributed by atoms with Gasteiger partial charge in [0, 0.05) is 24.8 Å². The fourth-order valence-corrected chi connectivity index (χ4v) is 3.51. The fraction of sp³-hybridized carbons (Fsp3) is 0.647. The van der Waals surface area contributed by atoms with Gasteiger partial charge in [-0.05, 0) is 49.9 Å². The Kier molecular flexibility index (Phi) is 5.84. The third-order valence-corrected chi connectivity index (χ3v) is 4.58. The van der Waals surface area contributed by atoms with E-state index in [0.717, 1.165) is 12.2 Å². The van der Waals surface area contributed by atoms with E-state index in [-0.39, 0.29) is 5.82 Å². The summed E-state index contributed by atoms with van der Waals surface area (Å²) < 4.78 is 13.1. The second-order valence-corrected chi connectivity index (χ2v) is 5.82. The van der Waals surface area contributed by atoms with Crippen molar-refractivity contribution in [2.75, 3.05) is 18.0 Å². The maximum absolute atomic E-state index is 13.1. The molecule has 1 aromatic rings. The second kappa shape index (κ2) is 7.63. The maximum Gasteiger partial charge on any atom is 0.123 e. The predicted octanol–water partition coefficient (Wildman–Crippen LogP) is 3.95. The van der Waals surface area contributed by atoms with Gasteiger partial charge in [0.1, 0.15) is 5.82 Å². The van der Waals surface area contributed by atoms with Crippen molar-refractivity contribution in [2.24, 2.45) is 11.7 Å². The van der Waals surface area contributed by atoms with Crippen molar-refractivity contribution >= 4 is 5.69 Å². The molecule has 0 aromatic heterocycles. The van der Waals surface area contributed by atoms with Gasteiger partial charge in [-0.3, -0.25) is 0 Å². The van der Waals surface area contributed by atoms with Gasteiger partial charge in [-0.2, -0.15) is 0 Å². The van der Waals surface area contributed by atoms with Gasteiger partial charge in [0.15, 0.2) is 0 Å². The van der Waals surface area contributed by atoms with E-state index in [0.29, 0.717) is 18.5 Å². The molecule has 1 fully saturated rings. The highest BCUT2D eigenvalue weighted by atomic mass is 19.1. The number of halogens is 1. The number of anilines is 1. The zero-order valence-corrected chi connectivity index (χ0v) is 12.5. The first-order valence-electron chi connectivity index (χ1n) is 7.98. The van der Waals surface area contributed by atoms with E-state index in [9.17, 15) is 4.39 Å². The van der Waals surface area contributed by atoms with Crippen LogP contribution in [-0.4, -0.2) is 19.1 Å². The summed E-state index contributed by atoms with van der Waals surface area (Å²) in [6, 6.07) is 7.21. The number of likely N-dealkylation sites (N-methyl/N-ethyl adjacent to an activating group) is 1. The molecule has 0 heterocycles. The Labute approximate surface area is 122 Å². The maximum atomic E-state index is 13.1. The van der Waals surface area contributed by atoms with Crippen molar-refractivity contribution in [3.05, 3.63) is 30.1 Å². The molecule has 0 radical (unpaired) electrons. The van der Waals surface area contributed by atoms with Crippen LogP contribution >= 0.6 is 0 Å². The molecule has 2 nitrogen and oxygen atoms in total. The van der Waals surface area contributed by atoms with E-state index in [1.807, 2.05) is 12.1 Å². The average molecular weight is 278 g/mol. The predicted molar refractivity (Wildman–Crippen MR) is 83.5 cm³/mol. The minimum Gasteiger partial charge on any atom is -0.367 e. The number of rotatable bonds is 5. The molecule has 0 bridgehead atoms. The number of benzene rings is 1. The van der Waals surface area contributed by atoms with Crippen LogP contribution in [0.15, 0.2) is 24.3 Å².